The first-order valence-electron chi connectivity index (χ1n) is 26.4. The van der Waals surface area contributed by atoms with Crippen LogP contribution in [0.5, 0.6) is 0 Å². The monoisotopic (exact) mass is 980 g/mol. The minimum atomic E-state index is -0.379. The summed E-state index contributed by atoms with van der Waals surface area (Å²) in [5.41, 5.74) is 24.4. The Morgan fingerprint density at radius 1 is 0.247 bits per heavy atom. The number of hydrogen-bond acceptors (Lipinski definition) is 4. The van der Waals surface area contributed by atoms with E-state index in [1.807, 2.05) is 0 Å². The summed E-state index contributed by atoms with van der Waals surface area (Å²) < 4.78 is 15.0. The molecule has 0 unspecified atom stereocenters. The van der Waals surface area contributed by atoms with Crippen molar-refractivity contribution in [1.29, 1.82) is 0 Å². The van der Waals surface area contributed by atoms with Gasteiger partial charge in [-0.25, -0.2) is 0 Å². The molecule has 0 bridgehead atoms. The molecule has 0 N–H and O–H groups in total. The zero-order chi connectivity index (χ0) is 50.6. The van der Waals surface area contributed by atoms with E-state index in [4.69, 9.17) is 8.83 Å². The summed E-state index contributed by atoms with van der Waals surface area (Å²) in [6.07, 6.45) is 0. The molecule has 0 saturated carbocycles. The molecule has 12 aromatic carbocycles. The summed E-state index contributed by atoms with van der Waals surface area (Å²) in [5, 5.41) is 4.34. The van der Waals surface area contributed by atoms with Crippen molar-refractivity contribution in [3.8, 4) is 55.6 Å². The lowest BCUT2D eigenvalue weighted by Crippen LogP contribution is -2.61. The second-order valence-corrected chi connectivity index (χ2v) is 20.2. The third kappa shape index (κ3) is 6.60. The number of para-hydroxylation sites is 4. The topological polar surface area (TPSA) is 32.8 Å². The predicted molar refractivity (Wildman–Crippen MR) is 322 cm³/mol. The van der Waals surface area contributed by atoms with Crippen LogP contribution < -0.4 is 26.2 Å². The van der Waals surface area contributed by atoms with Crippen molar-refractivity contribution in [2.45, 2.75) is 0 Å². The third-order valence-corrected chi connectivity index (χ3v) is 16.0. The number of anilines is 6. The van der Waals surface area contributed by atoms with E-state index >= 15 is 0 Å². The van der Waals surface area contributed by atoms with Gasteiger partial charge in [0.2, 0.25) is 0 Å². The van der Waals surface area contributed by atoms with Crippen LogP contribution in [0.25, 0.3) is 99.5 Å². The number of hydrogen-bond donors (Lipinski definition) is 0. The van der Waals surface area contributed by atoms with Gasteiger partial charge in [-0.05, 0) is 109 Å². The van der Waals surface area contributed by atoms with Crippen molar-refractivity contribution in [2.24, 2.45) is 0 Å². The van der Waals surface area contributed by atoms with Gasteiger partial charge >= 0.3 is 0 Å². The fraction of sp³-hybridized carbons (Fsp3) is 0. The summed E-state index contributed by atoms with van der Waals surface area (Å²) in [7, 11) is 0. The fourth-order valence-corrected chi connectivity index (χ4v) is 12.8. The van der Waals surface area contributed by atoms with Crippen LogP contribution in [0.15, 0.2) is 282 Å². The van der Waals surface area contributed by atoms with Gasteiger partial charge in [-0.3, -0.25) is 0 Å². The zero-order valence-electron chi connectivity index (χ0n) is 41.8. The molecule has 4 heterocycles. The van der Waals surface area contributed by atoms with Crippen LogP contribution in [0.4, 0.5) is 34.1 Å². The molecule has 0 radical (unpaired) electrons. The Labute approximate surface area is 446 Å². The molecule has 2 aliphatic heterocycles. The minimum Gasteiger partial charge on any atom is -0.456 e. The molecule has 16 rings (SSSR count). The Bertz CT molecular complexity index is 4350. The van der Waals surface area contributed by atoms with Crippen molar-refractivity contribution in [3.63, 3.8) is 0 Å². The molecule has 0 fully saturated rings. The van der Waals surface area contributed by atoms with Gasteiger partial charge < -0.3 is 18.6 Å². The van der Waals surface area contributed by atoms with Crippen molar-refractivity contribution in [2.75, 3.05) is 9.80 Å². The Hall–Kier alpha value is -10.1. The first-order valence-corrected chi connectivity index (χ1v) is 26.4. The highest BCUT2D eigenvalue weighted by molar-refractivity contribution is 7.03. The average molecular weight is 981 g/mol. The van der Waals surface area contributed by atoms with Gasteiger partial charge in [-0.2, -0.15) is 0 Å². The van der Waals surface area contributed by atoms with E-state index in [2.05, 4.69) is 283 Å². The van der Waals surface area contributed by atoms with Crippen LogP contribution in [0, 0.1) is 0 Å². The smallest absolute Gasteiger partial charge is 0.261 e. The van der Waals surface area contributed by atoms with Gasteiger partial charge in [0.25, 0.3) is 6.71 Å². The Balaban J connectivity index is 1.15. The largest absolute Gasteiger partial charge is 0.456 e. The lowest BCUT2D eigenvalue weighted by atomic mass is 9.33. The van der Waals surface area contributed by atoms with Crippen LogP contribution in [0.2, 0.25) is 0 Å². The predicted octanol–water partition coefficient (Wildman–Crippen LogP) is 17.9. The van der Waals surface area contributed by atoms with Crippen LogP contribution in [0.1, 0.15) is 0 Å². The summed E-state index contributed by atoms with van der Waals surface area (Å²) in [6.45, 7) is -0.379. The molecule has 0 amide bonds. The Morgan fingerprint density at radius 3 is 0.987 bits per heavy atom. The maximum atomic E-state index is 7.51. The van der Waals surface area contributed by atoms with E-state index < -0.39 is 0 Å². The van der Waals surface area contributed by atoms with Crippen molar-refractivity contribution in [1.82, 2.24) is 0 Å². The van der Waals surface area contributed by atoms with Gasteiger partial charge in [-0.15, -0.1) is 0 Å². The molecule has 0 spiro atoms. The Morgan fingerprint density at radius 2 is 0.571 bits per heavy atom. The first-order chi connectivity index (χ1) is 38.2. The summed E-state index contributed by atoms with van der Waals surface area (Å²) in [6, 6.07) is 98.9. The highest BCUT2D eigenvalue weighted by atomic mass is 16.3. The van der Waals surface area contributed by atoms with Gasteiger partial charge in [0, 0.05) is 55.4 Å². The lowest BCUT2D eigenvalue weighted by molar-refractivity contribution is 0.671. The second-order valence-electron chi connectivity index (χ2n) is 20.2. The number of fused-ring (bicyclic) bond motifs is 12. The van der Waals surface area contributed by atoms with Gasteiger partial charge in [0.05, 0.1) is 11.4 Å². The van der Waals surface area contributed by atoms with Crippen LogP contribution in [-0.2, 0) is 0 Å². The third-order valence-electron chi connectivity index (χ3n) is 16.0. The lowest BCUT2D eigenvalue weighted by Gasteiger charge is -2.45. The zero-order valence-corrected chi connectivity index (χ0v) is 41.8. The number of nitrogens with zero attached hydrogens (tertiary/aromatic N) is 2. The molecule has 2 aromatic heterocycles. The number of furan rings is 2. The van der Waals surface area contributed by atoms with Crippen LogP contribution in [-0.4, -0.2) is 6.71 Å². The van der Waals surface area contributed by atoms with E-state index in [-0.39, 0.29) is 6.71 Å². The Kier molecular flexibility index (Phi) is 9.70. The molecule has 0 aliphatic carbocycles. The minimum absolute atomic E-state index is 0.379. The summed E-state index contributed by atoms with van der Waals surface area (Å²) in [4.78, 5) is 5.11. The first kappa shape index (κ1) is 43.3. The van der Waals surface area contributed by atoms with Crippen molar-refractivity contribution < 1.29 is 8.83 Å². The molecule has 4 nitrogen and oxygen atoms in total. The molecule has 358 valence electrons. The second kappa shape index (κ2) is 17.2. The van der Waals surface area contributed by atoms with Crippen LogP contribution in [0.3, 0.4) is 0 Å². The molecule has 14 aromatic rings. The standard InChI is InChI=1S/C72H45BN2O2/c1-6-24-46(25-7-1)51-42-60-68-61(43-51)75(59-39-21-17-35-53(59)48-28-10-3-11-29-48)63-45-57(50-32-14-5-15-33-50)67-55-37-19-23-41-65(55)77-72(67)70(63)73(68)69-62(74(60)58-38-20-16-34-52(58)47-26-8-2-9-27-47)44-56(49-30-12-4-13-31-49)66-54-36-18-22-40-64(54)76-71(66)69/h1-45H. The summed E-state index contributed by atoms with van der Waals surface area (Å²) >= 11 is 0. The molecule has 0 saturated heterocycles. The quantitative estimate of drug-likeness (QED) is 0.149. The molecule has 5 heteroatoms. The highest BCUT2D eigenvalue weighted by Gasteiger charge is 2.48. The molecular formula is C72H45BN2O2. The van der Waals surface area contributed by atoms with Gasteiger partial charge in [0.15, 0.2) is 0 Å². The summed E-state index contributed by atoms with van der Waals surface area (Å²) in [5.74, 6) is 0. The van der Waals surface area contributed by atoms with E-state index in [1.165, 1.54) is 5.46 Å². The van der Waals surface area contributed by atoms with E-state index in [9.17, 15) is 0 Å². The molecular weight excluding hydrogens is 936 g/mol. The van der Waals surface area contributed by atoms with Gasteiger partial charge in [0.1, 0.15) is 22.3 Å². The SMILES string of the molecule is c1ccc(-c2cc3c4c(c2)N(c2ccccc2-c2ccccc2)c2cc(-c5ccccc5)c5c(oc6ccccc65)c2B4c2c(cc(-c4ccccc4)c4c2oc2ccccc24)N3c2ccccc2-c2ccccc2)cc1. The average Bonchev–Trinajstić information content (AvgIpc) is 4.12. The van der Waals surface area contributed by atoms with Crippen molar-refractivity contribution in [3.05, 3.63) is 273 Å². The molecule has 0 atom stereocenters. The van der Waals surface area contributed by atoms with Crippen molar-refractivity contribution >= 4 is 101 Å². The maximum absolute atomic E-state index is 7.51. The van der Waals surface area contributed by atoms with E-state index in [0.717, 1.165) is 145 Å². The fourth-order valence-electron chi connectivity index (χ4n) is 12.8. The van der Waals surface area contributed by atoms with Gasteiger partial charge in [-0.1, -0.05) is 224 Å². The number of rotatable bonds is 7. The van der Waals surface area contributed by atoms with E-state index in [1.54, 1.807) is 0 Å². The molecule has 2 aliphatic rings. The van der Waals surface area contributed by atoms with E-state index in [0.29, 0.717) is 0 Å². The normalized spacial score (nSPS) is 12.6. The number of benzene rings is 12. The maximum Gasteiger partial charge on any atom is 0.261 e. The highest BCUT2D eigenvalue weighted by Crippen LogP contribution is 2.53. The van der Waals surface area contributed by atoms with Crippen LogP contribution >= 0.6 is 0 Å². The molecule has 77 heavy (non-hydrogen) atoms.